The van der Waals surface area contributed by atoms with E-state index in [1.54, 1.807) is 14.0 Å². The van der Waals surface area contributed by atoms with Crippen molar-refractivity contribution >= 4 is 28.4 Å². The van der Waals surface area contributed by atoms with Gasteiger partial charge in [-0.2, -0.15) is 0 Å². The van der Waals surface area contributed by atoms with E-state index < -0.39 is 11.7 Å². The number of nitrogens with zero attached hydrogens (tertiary/aromatic N) is 2. The number of carbonyl (C=O) groups is 1. The molecule has 1 atom stereocenters. The van der Waals surface area contributed by atoms with Crippen molar-refractivity contribution in [1.29, 1.82) is 0 Å². The van der Waals surface area contributed by atoms with Crippen molar-refractivity contribution in [2.75, 3.05) is 7.11 Å². The molecule has 0 N–H and O–H groups in total. The summed E-state index contributed by atoms with van der Waals surface area (Å²) >= 11 is 6.26. The fourth-order valence-corrected chi connectivity index (χ4v) is 4.96. The molecule has 0 aliphatic carbocycles. The molecule has 2 aromatic heterocycles. The molecule has 194 valence electrons. The van der Waals surface area contributed by atoms with Crippen molar-refractivity contribution in [3.8, 4) is 16.9 Å². The van der Waals surface area contributed by atoms with Crippen molar-refractivity contribution in [3.05, 3.63) is 81.6 Å². The first kappa shape index (κ1) is 26.9. The quantitative estimate of drug-likeness (QED) is 0.250. The van der Waals surface area contributed by atoms with E-state index >= 15 is 0 Å². The van der Waals surface area contributed by atoms with Crippen LogP contribution < -0.4 is 4.74 Å². The molecular weight excluding hydrogens is 484 g/mol. The van der Waals surface area contributed by atoms with Crippen LogP contribution in [0.3, 0.4) is 0 Å². The lowest BCUT2D eigenvalue weighted by atomic mass is 9.90. The molecule has 2 heterocycles. The molecule has 4 aromatic rings. The third-order valence-corrected chi connectivity index (χ3v) is 6.97. The second-order valence-corrected chi connectivity index (χ2v) is 11.0. The average Bonchev–Trinajstić information content (AvgIpc) is 3.06. The zero-order valence-electron chi connectivity index (χ0n) is 22.9. The maximum absolute atomic E-state index is 13.0. The first-order valence-electron chi connectivity index (χ1n) is 12.5. The van der Waals surface area contributed by atoms with Gasteiger partial charge in [0.25, 0.3) is 0 Å². The number of halogens is 1. The lowest BCUT2D eigenvalue weighted by Gasteiger charge is -2.29. The van der Waals surface area contributed by atoms with Crippen LogP contribution in [0.2, 0.25) is 5.02 Å². The van der Waals surface area contributed by atoms with Gasteiger partial charge in [-0.15, -0.1) is 0 Å². The molecule has 4 rings (SSSR count). The van der Waals surface area contributed by atoms with Gasteiger partial charge < -0.3 is 14.0 Å². The lowest BCUT2D eigenvalue weighted by Crippen LogP contribution is -2.27. The van der Waals surface area contributed by atoms with Gasteiger partial charge in [-0.3, -0.25) is 4.79 Å². The number of benzene rings is 2. The van der Waals surface area contributed by atoms with E-state index in [4.69, 9.17) is 26.1 Å². The smallest absolute Gasteiger partial charge is 0.163 e. The number of aromatic nitrogens is 2. The Morgan fingerprint density at radius 2 is 1.65 bits per heavy atom. The summed E-state index contributed by atoms with van der Waals surface area (Å²) in [6.07, 6.45) is -0.743. The number of methoxy groups -OCH3 is 1. The Kier molecular flexibility index (Phi) is 7.50. The Balaban J connectivity index is 2.03. The van der Waals surface area contributed by atoms with Crippen molar-refractivity contribution in [2.45, 2.75) is 66.7 Å². The standard InChI is InChI=1S/C31H35ClN2O3/c1-18-20(3)34(17-22-9-15-25(36-8)16-10-22)30-26(18)28(23-11-13-24(32)14-12-23)27(19(2)33-30)29(21(4)35)37-31(5,6)7/h9-16,29H,17H2,1-8H3. The molecule has 37 heavy (non-hydrogen) atoms. The van der Waals surface area contributed by atoms with E-state index in [0.717, 1.165) is 56.0 Å². The molecular formula is C31H35ClN2O3. The van der Waals surface area contributed by atoms with Gasteiger partial charge >= 0.3 is 0 Å². The number of hydrogen-bond donors (Lipinski definition) is 0. The van der Waals surface area contributed by atoms with Gasteiger partial charge in [0.2, 0.25) is 0 Å². The van der Waals surface area contributed by atoms with Gasteiger partial charge in [0.05, 0.1) is 12.7 Å². The summed E-state index contributed by atoms with van der Waals surface area (Å²) in [6.45, 7) is 14.3. The minimum atomic E-state index is -0.743. The Bertz CT molecular complexity index is 1450. The summed E-state index contributed by atoms with van der Waals surface area (Å²) in [5.74, 6) is 0.771. The topological polar surface area (TPSA) is 53.4 Å². The van der Waals surface area contributed by atoms with Crippen molar-refractivity contribution in [3.63, 3.8) is 0 Å². The highest BCUT2D eigenvalue weighted by atomic mass is 35.5. The summed E-state index contributed by atoms with van der Waals surface area (Å²) in [6, 6.07) is 15.9. The van der Waals surface area contributed by atoms with Crippen molar-refractivity contribution in [1.82, 2.24) is 9.55 Å². The van der Waals surface area contributed by atoms with Crippen LogP contribution in [0.1, 0.15) is 61.9 Å². The van der Waals surface area contributed by atoms with Crippen LogP contribution in [0.15, 0.2) is 48.5 Å². The van der Waals surface area contributed by atoms with E-state index in [2.05, 4.69) is 30.5 Å². The molecule has 0 saturated heterocycles. The Morgan fingerprint density at radius 1 is 1.03 bits per heavy atom. The van der Waals surface area contributed by atoms with Crippen LogP contribution in [-0.2, 0) is 16.1 Å². The van der Waals surface area contributed by atoms with Crippen LogP contribution in [0.5, 0.6) is 5.75 Å². The summed E-state index contributed by atoms with van der Waals surface area (Å²) in [5.41, 5.74) is 7.30. The number of rotatable bonds is 7. The SMILES string of the molecule is COc1ccc(Cn2c(C)c(C)c3c(-c4ccc(Cl)cc4)c(C(OC(C)(C)C)C(C)=O)c(C)nc32)cc1. The van der Waals surface area contributed by atoms with Gasteiger partial charge in [0.1, 0.15) is 17.5 Å². The van der Waals surface area contributed by atoms with Crippen LogP contribution >= 0.6 is 11.6 Å². The number of aryl methyl sites for hydroxylation is 2. The highest BCUT2D eigenvalue weighted by Gasteiger charge is 2.32. The van der Waals surface area contributed by atoms with Crippen molar-refractivity contribution in [2.24, 2.45) is 0 Å². The number of pyridine rings is 1. The zero-order valence-corrected chi connectivity index (χ0v) is 23.7. The van der Waals surface area contributed by atoms with Gasteiger partial charge in [0.15, 0.2) is 5.78 Å². The second-order valence-electron chi connectivity index (χ2n) is 10.6. The maximum Gasteiger partial charge on any atom is 0.163 e. The number of carbonyl (C=O) groups excluding carboxylic acids is 1. The van der Waals surface area contributed by atoms with E-state index in [1.807, 2.05) is 64.1 Å². The Hall–Kier alpha value is -3.15. The second kappa shape index (κ2) is 10.3. The number of fused-ring (bicyclic) bond motifs is 1. The van der Waals surface area contributed by atoms with Gasteiger partial charge in [-0.25, -0.2) is 4.98 Å². The number of hydrogen-bond acceptors (Lipinski definition) is 4. The molecule has 0 aliphatic heterocycles. The lowest BCUT2D eigenvalue weighted by molar-refractivity contribution is -0.138. The molecule has 0 aliphatic rings. The third-order valence-electron chi connectivity index (χ3n) is 6.72. The highest BCUT2D eigenvalue weighted by molar-refractivity contribution is 6.30. The Labute approximate surface area is 224 Å². The van der Waals surface area contributed by atoms with Gasteiger partial charge in [0, 0.05) is 39.5 Å². The molecule has 0 saturated carbocycles. The zero-order chi connectivity index (χ0) is 27.1. The molecule has 0 fully saturated rings. The molecule has 2 aromatic carbocycles. The van der Waals surface area contributed by atoms with Gasteiger partial charge in [-0.1, -0.05) is 35.9 Å². The monoisotopic (exact) mass is 518 g/mol. The predicted octanol–water partition coefficient (Wildman–Crippen LogP) is 7.78. The normalized spacial score (nSPS) is 12.7. The molecule has 5 nitrogen and oxygen atoms in total. The predicted molar refractivity (Wildman–Crippen MR) is 151 cm³/mol. The molecule has 0 radical (unpaired) electrons. The summed E-state index contributed by atoms with van der Waals surface area (Å²) in [7, 11) is 1.67. The fourth-order valence-electron chi connectivity index (χ4n) is 4.84. The largest absolute Gasteiger partial charge is 0.497 e. The molecule has 1 unspecified atom stereocenters. The summed E-state index contributed by atoms with van der Waals surface area (Å²) < 4.78 is 13.9. The average molecular weight is 519 g/mol. The first-order valence-corrected chi connectivity index (χ1v) is 12.9. The third kappa shape index (κ3) is 5.43. The van der Waals surface area contributed by atoms with Gasteiger partial charge in [-0.05, 0) is 89.4 Å². The van der Waals surface area contributed by atoms with E-state index in [0.29, 0.717) is 11.6 Å². The maximum atomic E-state index is 13.0. The molecule has 0 bridgehead atoms. The highest BCUT2D eigenvalue weighted by Crippen LogP contribution is 2.42. The minimum Gasteiger partial charge on any atom is -0.497 e. The van der Waals surface area contributed by atoms with E-state index in [1.165, 1.54) is 0 Å². The first-order chi connectivity index (χ1) is 17.4. The van der Waals surface area contributed by atoms with Crippen LogP contribution in [0, 0.1) is 20.8 Å². The fraction of sp³-hybridized carbons (Fsp3) is 0.355. The van der Waals surface area contributed by atoms with Crippen LogP contribution in [-0.4, -0.2) is 28.0 Å². The minimum absolute atomic E-state index is 0.0542. The van der Waals surface area contributed by atoms with Crippen LogP contribution in [0.25, 0.3) is 22.2 Å². The number of ketones is 1. The molecule has 6 heteroatoms. The van der Waals surface area contributed by atoms with E-state index in [9.17, 15) is 4.79 Å². The molecule has 0 spiro atoms. The number of ether oxygens (including phenoxy) is 2. The summed E-state index contributed by atoms with van der Waals surface area (Å²) in [4.78, 5) is 18.1. The summed E-state index contributed by atoms with van der Waals surface area (Å²) in [5, 5.41) is 1.68. The van der Waals surface area contributed by atoms with Crippen LogP contribution in [0.4, 0.5) is 0 Å². The van der Waals surface area contributed by atoms with Crippen molar-refractivity contribution < 1.29 is 14.3 Å². The Morgan fingerprint density at radius 3 is 2.19 bits per heavy atom. The molecule has 0 amide bonds. The van der Waals surface area contributed by atoms with E-state index in [-0.39, 0.29) is 5.78 Å². The number of Topliss-reactive ketones (excluding diaryl/α,β-unsaturated/α-hetero) is 1.